The summed E-state index contributed by atoms with van der Waals surface area (Å²) in [7, 11) is 0. The molecule has 0 bridgehead atoms. The minimum absolute atomic E-state index is 0.0469. The molecule has 0 saturated heterocycles. The number of aromatic nitrogens is 4. The molecule has 2 aliphatic carbocycles. The third-order valence-corrected chi connectivity index (χ3v) is 5.93. The number of carbonyl (C=O) groups is 1. The molecule has 2 aromatic heterocycles. The molecule has 2 unspecified atom stereocenters. The first-order chi connectivity index (χ1) is 10.2. The zero-order valence-electron chi connectivity index (χ0n) is 11.7. The third kappa shape index (κ3) is 2.14. The van der Waals surface area contributed by atoms with E-state index in [0.29, 0.717) is 5.92 Å². The van der Waals surface area contributed by atoms with E-state index in [1.54, 1.807) is 0 Å². The summed E-state index contributed by atoms with van der Waals surface area (Å²) in [6, 6.07) is 0. The molecule has 7 heteroatoms. The van der Waals surface area contributed by atoms with Crippen molar-refractivity contribution < 1.29 is 9.90 Å². The summed E-state index contributed by atoms with van der Waals surface area (Å²) in [5.41, 5.74) is 0. The molecule has 21 heavy (non-hydrogen) atoms. The Morgan fingerprint density at radius 2 is 1.95 bits per heavy atom. The van der Waals surface area contributed by atoms with E-state index in [9.17, 15) is 9.90 Å². The lowest BCUT2D eigenvalue weighted by atomic mass is 9.97. The van der Waals surface area contributed by atoms with Gasteiger partial charge in [0, 0.05) is 11.8 Å². The van der Waals surface area contributed by atoms with E-state index in [-0.39, 0.29) is 11.8 Å². The molecule has 0 spiro atoms. The second kappa shape index (κ2) is 5.05. The Hall–Kier alpha value is -1.50. The van der Waals surface area contributed by atoms with E-state index in [0.717, 1.165) is 47.9 Å². The van der Waals surface area contributed by atoms with Crippen molar-refractivity contribution in [3.8, 4) is 0 Å². The number of nitrogens with zero attached hydrogens (tertiary/aromatic N) is 4. The van der Waals surface area contributed by atoms with Gasteiger partial charge >= 0.3 is 5.97 Å². The monoisotopic (exact) mass is 306 g/mol. The van der Waals surface area contributed by atoms with Crippen LogP contribution in [0.1, 0.15) is 67.6 Å². The highest BCUT2D eigenvalue weighted by Crippen LogP contribution is 2.42. The SMILES string of the molecule is O=C(O)C1CCCC1c1nn2c(C3CCCC3)nnc2s1. The van der Waals surface area contributed by atoms with Crippen molar-refractivity contribution in [1.82, 2.24) is 19.8 Å². The maximum atomic E-state index is 11.4. The topological polar surface area (TPSA) is 80.4 Å². The lowest BCUT2D eigenvalue weighted by Crippen LogP contribution is -2.17. The Labute approximate surface area is 126 Å². The number of aliphatic carboxylic acids is 1. The molecule has 0 radical (unpaired) electrons. The van der Waals surface area contributed by atoms with Gasteiger partial charge in [0.15, 0.2) is 5.82 Å². The van der Waals surface area contributed by atoms with E-state index in [4.69, 9.17) is 0 Å². The summed E-state index contributed by atoms with van der Waals surface area (Å²) in [4.78, 5) is 12.2. The molecule has 2 fully saturated rings. The van der Waals surface area contributed by atoms with Gasteiger partial charge < -0.3 is 5.11 Å². The molecule has 112 valence electrons. The van der Waals surface area contributed by atoms with Crippen LogP contribution in [0.25, 0.3) is 4.96 Å². The summed E-state index contributed by atoms with van der Waals surface area (Å²) in [5, 5.41) is 23.5. The normalized spacial score (nSPS) is 26.9. The van der Waals surface area contributed by atoms with Crippen LogP contribution in [0, 0.1) is 5.92 Å². The minimum atomic E-state index is -0.695. The van der Waals surface area contributed by atoms with Crippen molar-refractivity contribution in [2.24, 2.45) is 5.92 Å². The highest BCUT2D eigenvalue weighted by Gasteiger charge is 2.37. The Morgan fingerprint density at radius 3 is 2.71 bits per heavy atom. The highest BCUT2D eigenvalue weighted by molar-refractivity contribution is 7.16. The Balaban J connectivity index is 1.69. The van der Waals surface area contributed by atoms with Crippen LogP contribution in [0.2, 0.25) is 0 Å². The van der Waals surface area contributed by atoms with Crippen LogP contribution in [0.4, 0.5) is 0 Å². The number of carboxylic acid groups (broad SMARTS) is 1. The van der Waals surface area contributed by atoms with Crippen molar-refractivity contribution in [3.05, 3.63) is 10.8 Å². The largest absolute Gasteiger partial charge is 0.481 e. The number of hydrogen-bond donors (Lipinski definition) is 1. The molecule has 0 aromatic carbocycles. The van der Waals surface area contributed by atoms with Gasteiger partial charge in [-0.25, -0.2) is 0 Å². The van der Waals surface area contributed by atoms with Crippen LogP contribution < -0.4 is 0 Å². The zero-order valence-corrected chi connectivity index (χ0v) is 12.6. The smallest absolute Gasteiger partial charge is 0.307 e. The average Bonchev–Trinajstić information content (AvgIpc) is 3.21. The van der Waals surface area contributed by atoms with E-state index in [2.05, 4.69) is 15.3 Å². The van der Waals surface area contributed by atoms with Crippen LogP contribution in [-0.4, -0.2) is 30.9 Å². The Kier molecular flexibility index (Phi) is 3.17. The molecule has 2 aromatic rings. The van der Waals surface area contributed by atoms with Gasteiger partial charge in [0.05, 0.1) is 5.92 Å². The first kappa shape index (κ1) is 13.2. The summed E-state index contributed by atoms with van der Waals surface area (Å²) in [6.07, 6.45) is 7.47. The Bertz CT molecular complexity index is 674. The maximum absolute atomic E-state index is 11.4. The van der Waals surface area contributed by atoms with Gasteiger partial charge in [0.2, 0.25) is 4.96 Å². The van der Waals surface area contributed by atoms with Gasteiger partial charge in [-0.1, -0.05) is 30.6 Å². The Morgan fingerprint density at radius 1 is 1.14 bits per heavy atom. The highest BCUT2D eigenvalue weighted by atomic mass is 32.1. The van der Waals surface area contributed by atoms with Crippen molar-refractivity contribution in [3.63, 3.8) is 0 Å². The molecule has 0 amide bonds. The van der Waals surface area contributed by atoms with Crippen molar-refractivity contribution in [2.45, 2.75) is 56.8 Å². The molecular formula is C14H18N4O2S. The quantitative estimate of drug-likeness (QED) is 0.943. The predicted octanol–water partition coefficient (Wildman–Crippen LogP) is 2.81. The van der Waals surface area contributed by atoms with E-state index in [1.807, 2.05) is 4.52 Å². The van der Waals surface area contributed by atoms with Crippen molar-refractivity contribution >= 4 is 22.3 Å². The fourth-order valence-corrected chi connectivity index (χ4v) is 4.83. The van der Waals surface area contributed by atoms with Crippen molar-refractivity contribution in [1.29, 1.82) is 0 Å². The summed E-state index contributed by atoms with van der Waals surface area (Å²) >= 11 is 1.51. The molecule has 0 aliphatic heterocycles. The van der Waals surface area contributed by atoms with Gasteiger partial charge in [0.1, 0.15) is 5.01 Å². The first-order valence-corrected chi connectivity index (χ1v) is 8.50. The number of carboxylic acids is 1. The molecule has 6 nitrogen and oxygen atoms in total. The average molecular weight is 306 g/mol. The van der Waals surface area contributed by atoms with Gasteiger partial charge in [-0.3, -0.25) is 4.79 Å². The molecule has 2 aliphatic rings. The second-order valence-corrected chi connectivity index (χ2v) is 7.14. The van der Waals surface area contributed by atoms with Gasteiger partial charge in [-0.2, -0.15) is 9.61 Å². The molecule has 2 heterocycles. The molecule has 2 atom stereocenters. The van der Waals surface area contributed by atoms with Crippen LogP contribution in [-0.2, 0) is 4.79 Å². The van der Waals surface area contributed by atoms with Gasteiger partial charge in [-0.15, -0.1) is 10.2 Å². The van der Waals surface area contributed by atoms with E-state index in [1.165, 1.54) is 24.2 Å². The van der Waals surface area contributed by atoms with Crippen LogP contribution in [0.5, 0.6) is 0 Å². The summed E-state index contributed by atoms with van der Waals surface area (Å²) < 4.78 is 1.87. The first-order valence-electron chi connectivity index (χ1n) is 7.69. The van der Waals surface area contributed by atoms with Crippen LogP contribution in [0.3, 0.4) is 0 Å². The zero-order chi connectivity index (χ0) is 14.4. The molecule has 4 rings (SSSR count). The fraction of sp³-hybridized carbons (Fsp3) is 0.714. The van der Waals surface area contributed by atoms with E-state index >= 15 is 0 Å². The van der Waals surface area contributed by atoms with Crippen LogP contribution >= 0.6 is 11.3 Å². The predicted molar refractivity (Wildman–Crippen MR) is 77.6 cm³/mol. The fourth-order valence-electron chi connectivity index (χ4n) is 3.79. The van der Waals surface area contributed by atoms with E-state index < -0.39 is 5.97 Å². The molecule has 1 N–H and O–H groups in total. The summed E-state index contributed by atoms with van der Waals surface area (Å²) in [5.74, 6) is 0.498. The molecular weight excluding hydrogens is 288 g/mol. The lowest BCUT2D eigenvalue weighted by molar-refractivity contribution is -0.142. The van der Waals surface area contributed by atoms with Gasteiger partial charge in [0.25, 0.3) is 0 Å². The third-order valence-electron chi connectivity index (χ3n) is 4.90. The number of hydrogen-bond acceptors (Lipinski definition) is 5. The van der Waals surface area contributed by atoms with Crippen LogP contribution in [0.15, 0.2) is 0 Å². The lowest BCUT2D eigenvalue weighted by Gasteiger charge is -2.11. The minimum Gasteiger partial charge on any atom is -0.481 e. The molecule has 2 saturated carbocycles. The standard InChI is InChI=1S/C14H18N4O2S/c19-13(20)10-7-3-6-9(10)12-17-18-11(8-4-1-2-5-8)15-16-14(18)21-12/h8-10H,1-7H2,(H,19,20). The van der Waals surface area contributed by atoms with Gasteiger partial charge in [-0.05, 0) is 25.7 Å². The number of fused-ring (bicyclic) bond motifs is 1. The summed E-state index contributed by atoms with van der Waals surface area (Å²) in [6.45, 7) is 0. The maximum Gasteiger partial charge on any atom is 0.307 e. The second-order valence-electron chi connectivity index (χ2n) is 6.16. The number of rotatable bonds is 3. The van der Waals surface area contributed by atoms with Crippen molar-refractivity contribution in [2.75, 3.05) is 0 Å².